The van der Waals surface area contributed by atoms with Gasteiger partial charge in [0.2, 0.25) is 11.7 Å². The summed E-state index contributed by atoms with van der Waals surface area (Å²) in [6, 6.07) is 0.440. The van der Waals surface area contributed by atoms with Crippen LogP contribution in [-0.2, 0) is 21.5 Å². The van der Waals surface area contributed by atoms with Gasteiger partial charge in [-0.3, -0.25) is 0 Å². The number of aryl methyl sites for hydroxylation is 1. The maximum absolute atomic E-state index is 5.65. The number of hydrogen-bond acceptors (Lipinski definition) is 6. The van der Waals surface area contributed by atoms with Crippen LogP contribution in [-0.4, -0.2) is 43.6 Å². The molecule has 0 aliphatic carbocycles. The van der Waals surface area contributed by atoms with Crippen molar-refractivity contribution in [3.63, 3.8) is 0 Å². The van der Waals surface area contributed by atoms with Gasteiger partial charge in [-0.05, 0) is 20.4 Å². The molecular formula is C13H23N3O3. The van der Waals surface area contributed by atoms with Crippen molar-refractivity contribution >= 4 is 0 Å². The Morgan fingerprint density at radius 3 is 2.79 bits per heavy atom. The van der Waals surface area contributed by atoms with E-state index in [1.54, 1.807) is 7.11 Å². The molecule has 1 aromatic rings. The van der Waals surface area contributed by atoms with Crippen molar-refractivity contribution in [1.82, 2.24) is 15.5 Å². The molecule has 2 rings (SSSR count). The Kier molecular flexibility index (Phi) is 4.90. The zero-order valence-corrected chi connectivity index (χ0v) is 11.9. The zero-order valence-electron chi connectivity index (χ0n) is 11.9. The topological polar surface area (TPSA) is 69.4 Å². The zero-order chi connectivity index (χ0) is 13.7. The molecule has 1 fully saturated rings. The highest BCUT2D eigenvalue weighted by Gasteiger charge is 2.39. The second-order valence-corrected chi connectivity index (χ2v) is 5.05. The van der Waals surface area contributed by atoms with E-state index in [0.29, 0.717) is 31.0 Å². The summed E-state index contributed by atoms with van der Waals surface area (Å²) in [5.41, 5.74) is -0.436. The third-order valence-electron chi connectivity index (χ3n) is 3.85. The van der Waals surface area contributed by atoms with Gasteiger partial charge in [0, 0.05) is 45.6 Å². The number of aromatic nitrogens is 2. The Labute approximate surface area is 113 Å². The standard InChI is InChI=1S/C13H23N3O3/c1-10(14-2)4-5-11-15-12(16-19-11)13(17-3)6-8-18-9-7-13/h10,14H,4-9H2,1-3H3. The second kappa shape index (κ2) is 6.45. The molecule has 1 aromatic heterocycles. The van der Waals surface area contributed by atoms with Gasteiger partial charge in [-0.15, -0.1) is 0 Å². The molecule has 1 atom stereocenters. The summed E-state index contributed by atoms with van der Waals surface area (Å²) < 4.78 is 16.4. The lowest BCUT2D eigenvalue weighted by molar-refractivity contribution is -0.101. The van der Waals surface area contributed by atoms with Crippen molar-refractivity contribution in [2.24, 2.45) is 0 Å². The van der Waals surface area contributed by atoms with Gasteiger partial charge in [-0.25, -0.2) is 0 Å². The fourth-order valence-corrected chi connectivity index (χ4v) is 2.25. The van der Waals surface area contributed by atoms with Crippen LogP contribution in [0.4, 0.5) is 0 Å². The van der Waals surface area contributed by atoms with Gasteiger partial charge in [-0.2, -0.15) is 4.98 Å². The molecular weight excluding hydrogens is 246 g/mol. The van der Waals surface area contributed by atoms with E-state index < -0.39 is 5.60 Å². The summed E-state index contributed by atoms with van der Waals surface area (Å²) in [4.78, 5) is 4.50. The molecule has 2 heterocycles. The molecule has 0 spiro atoms. The van der Waals surface area contributed by atoms with Gasteiger partial charge >= 0.3 is 0 Å². The first-order chi connectivity index (χ1) is 9.20. The predicted molar refractivity (Wildman–Crippen MR) is 69.9 cm³/mol. The van der Waals surface area contributed by atoms with Gasteiger partial charge < -0.3 is 19.3 Å². The molecule has 1 unspecified atom stereocenters. The van der Waals surface area contributed by atoms with Crippen LogP contribution in [0.25, 0.3) is 0 Å². The normalized spacial score (nSPS) is 20.4. The molecule has 6 heteroatoms. The molecule has 0 bridgehead atoms. The van der Waals surface area contributed by atoms with Crippen LogP contribution in [0, 0.1) is 0 Å². The number of nitrogens with zero attached hydrogens (tertiary/aromatic N) is 2. The minimum absolute atomic E-state index is 0.436. The SMILES string of the molecule is CNC(C)CCc1nc(C2(OC)CCOCC2)no1. The second-order valence-electron chi connectivity index (χ2n) is 5.05. The van der Waals surface area contributed by atoms with Crippen LogP contribution in [0.15, 0.2) is 4.52 Å². The highest BCUT2D eigenvalue weighted by atomic mass is 16.5. The molecule has 1 aliphatic heterocycles. The van der Waals surface area contributed by atoms with Gasteiger partial charge in [0.25, 0.3) is 0 Å². The number of ether oxygens (including phenoxy) is 2. The van der Waals surface area contributed by atoms with Crippen molar-refractivity contribution in [2.45, 2.75) is 44.2 Å². The van der Waals surface area contributed by atoms with Crippen LogP contribution in [0.2, 0.25) is 0 Å². The van der Waals surface area contributed by atoms with Crippen LogP contribution >= 0.6 is 0 Å². The molecule has 1 aliphatic rings. The first-order valence-corrected chi connectivity index (χ1v) is 6.83. The molecule has 0 aromatic carbocycles. The van der Waals surface area contributed by atoms with E-state index in [9.17, 15) is 0 Å². The summed E-state index contributed by atoms with van der Waals surface area (Å²) >= 11 is 0. The quantitative estimate of drug-likeness (QED) is 0.838. The van der Waals surface area contributed by atoms with E-state index in [0.717, 1.165) is 25.7 Å². The van der Waals surface area contributed by atoms with E-state index >= 15 is 0 Å². The maximum Gasteiger partial charge on any atom is 0.226 e. The average Bonchev–Trinajstić information content (AvgIpc) is 2.95. The third-order valence-corrected chi connectivity index (χ3v) is 3.85. The number of rotatable bonds is 6. The fourth-order valence-electron chi connectivity index (χ4n) is 2.25. The van der Waals surface area contributed by atoms with E-state index in [4.69, 9.17) is 14.0 Å². The van der Waals surface area contributed by atoms with Crippen molar-refractivity contribution < 1.29 is 14.0 Å². The largest absolute Gasteiger partial charge is 0.381 e. The first-order valence-electron chi connectivity index (χ1n) is 6.83. The highest BCUT2D eigenvalue weighted by Crippen LogP contribution is 2.33. The minimum atomic E-state index is -0.436. The third kappa shape index (κ3) is 3.32. The van der Waals surface area contributed by atoms with Crippen LogP contribution in [0.3, 0.4) is 0 Å². The monoisotopic (exact) mass is 269 g/mol. The molecule has 1 saturated heterocycles. The summed E-state index contributed by atoms with van der Waals surface area (Å²) in [5, 5.41) is 7.29. The van der Waals surface area contributed by atoms with Crippen molar-refractivity contribution in [3.05, 3.63) is 11.7 Å². The van der Waals surface area contributed by atoms with E-state index in [-0.39, 0.29) is 0 Å². The first kappa shape index (κ1) is 14.4. The maximum atomic E-state index is 5.65. The number of hydrogen-bond donors (Lipinski definition) is 1. The van der Waals surface area contributed by atoms with Gasteiger partial charge in [0.05, 0.1) is 0 Å². The Balaban J connectivity index is 2.02. The molecule has 108 valence electrons. The number of nitrogens with one attached hydrogen (secondary N) is 1. The lowest BCUT2D eigenvalue weighted by atomic mass is 9.93. The molecule has 0 saturated carbocycles. The van der Waals surface area contributed by atoms with E-state index in [2.05, 4.69) is 22.4 Å². The van der Waals surface area contributed by atoms with Crippen LogP contribution < -0.4 is 5.32 Å². The Morgan fingerprint density at radius 2 is 2.16 bits per heavy atom. The predicted octanol–water partition coefficient (Wildman–Crippen LogP) is 1.26. The van der Waals surface area contributed by atoms with Gasteiger partial charge in [-0.1, -0.05) is 5.16 Å². The molecule has 0 radical (unpaired) electrons. The average molecular weight is 269 g/mol. The highest BCUT2D eigenvalue weighted by molar-refractivity contribution is 5.03. The van der Waals surface area contributed by atoms with Gasteiger partial charge in [0.1, 0.15) is 5.60 Å². The number of methoxy groups -OCH3 is 1. The van der Waals surface area contributed by atoms with E-state index in [1.165, 1.54) is 0 Å². The Hall–Kier alpha value is -0.980. The smallest absolute Gasteiger partial charge is 0.226 e. The lowest BCUT2D eigenvalue weighted by Gasteiger charge is -2.32. The van der Waals surface area contributed by atoms with Crippen LogP contribution in [0.1, 0.15) is 37.9 Å². The van der Waals surface area contributed by atoms with Crippen LogP contribution in [0.5, 0.6) is 0 Å². The molecule has 6 nitrogen and oxygen atoms in total. The molecule has 19 heavy (non-hydrogen) atoms. The summed E-state index contributed by atoms with van der Waals surface area (Å²) in [5.74, 6) is 1.34. The molecule has 1 N–H and O–H groups in total. The van der Waals surface area contributed by atoms with Crippen molar-refractivity contribution in [3.8, 4) is 0 Å². The summed E-state index contributed by atoms with van der Waals surface area (Å²) in [6.07, 6.45) is 3.30. The van der Waals surface area contributed by atoms with E-state index in [1.807, 2.05) is 7.05 Å². The lowest BCUT2D eigenvalue weighted by Crippen LogP contribution is -2.36. The summed E-state index contributed by atoms with van der Waals surface area (Å²) in [7, 11) is 3.65. The summed E-state index contributed by atoms with van der Waals surface area (Å²) in [6.45, 7) is 3.48. The van der Waals surface area contributed by atoms with Crippen molar-refractivity contribution in [2.75, 3.05) is 27.4 Å². The Bertz CT molecular complexity index is 388. The van der Waals surface area contributed by atoms with Gasteiger partial charge in [0.15, 0.2) is 0 Å². The van der Waals surface area contributed by atoms with Crippen molar-refractivity contribution in [1.29, 1.82) is 0 Å². The minimum Gasteiger partial charge on any atom is -0.381 e. The fraction of sp³-hybridized carbons (Fsp3) is 0.846. The Morgan fingerprint density at radius 1 is 1.42 bits per heavy atom. The molecule has 0 amide bonds.